The maximum Gasteiger partial charge on any atom is 0.161 e. The summed E-state index contributed by atoms with van der Waals surface area (Å²) in [7, 11) is 0. The molecule has 4 rings (SSSR count). The van der Waals surface area contributed by atoms with Crippen molar-refractivity contribution in [1.82, 2.24) is 0 Å². The standard InChI is InChI=1S/C21H28F2O3/c1-2-3-13-4-5-20(24-10-13)17-11-25-21(26-12-17)16-6-14-8-18(22)19(23)9-15(14)7-16/h8-9,13,16-17,20-21H,2-7,10-12H2,1H3. The van der Waals surface area contributed by atoms with Gasteiger partial charge < -0.3 is 14.2 Å². The lowest BCUT2D eigenvalue weighted by molar-refractivity contribution is -0.241. The Hall–Kier alpha value is -1.04. The lowest BCUT2D eigenvalue weighted by Crippen LogP contribution is -2.44. The van der Waals surface area contributed by atoms with E-state index in [1.165, 1.54) is 31.4 Å². The molecule has 144 valence electrons. The molecule has 1 aromatic rings. The molecule has 0 radical (unpaired) electrons. The highest BCUT2D eigenvalue weighted by molar-refractivity contribution is 5.33. The van der Waals surface area contributed by atoms with Crippen LogP contribution in [0.1, 0.15) is 43.7 Å². The first kappa shape index (κ1) is 18.3. The molecule has 0 aromatic heterocycles. The Balaban J connectivity index is 1.27. The van der Waals surface area contributed by atoms with Crippen LogP contribution in [0.4, 0.5) is 8.78 Å². The summed E-state index contributed by atoms with van der Waals surface area (Å²) in [5.74, 6) is -0.426. The first-order valence-electron chi connectivity index (χ1n) is 9.95. The minimum atomic E-state index is -0.772. The van der Waals surface area contributed by atoms with Crippen molar-refractivity contribution in [2.45, 2.75) is 57.8 Å². The van der Waals surface area contributed by atoms with Gasteiger partial charge in [-0.1, -0.05) is 13.3 Å². The van der Waals surface area contributed by atoms with E-state index in [1.807, 2.05) is 0 Å². The quantitative estimate of drug-likeness (QED) is 0.797. The molecule has 26 heavy (non-hydrogen) atoms. The molecule has 1 aliphatic carbocycles. The van der Waals surface area contributed by atoms with Crippen LogP contribution in [0.5, 0.6) is 0 Å². The molecule has 3 aliphatic rings. The van der Waals surface area contributed by atoms with Gasteiger partial charge in [0.25, 0.3) is 0 Å². The SMILES string of the molecule is CCCC1CCC(C2COC(C3Cc4cc(F)c(F)cc4C3)OC2)OC1. The predicted molar refractivity (Wildman–Crippen MR) is 93.8 cm³/mol. The van der Waals surface area contributed by atoms with E-state index < -0.39 is 11.6 Å². The second-order valence-corrected chi connectivity index (χ2v) is 8.10. The van der Waals surface area contributed by atoms with Gasteiger partial charge in [-0.25, -0.2) is 8.78 Å². The van der Waals surface area contributed by atoms with Crippen molar-refractivity contribution in [3.8, 4) is 0 Å². The molecule has 2 atom stereocenters. The van der Waals surface area contributed by atoms with Crippen molar-refractivity contribution in [3.05, 3.63) is 34.9 Å². The lowest BCUT2D eigenvalue weighted by atomic mass is 9.89. The zero-order chi connectivity index (χ0) is 18.1. The molecule has 2 heterocycles. The van der Waals surface area contributed by atoms with Crippen LogP contribution in [0.25, 0.3) is 0 Å². The van der Waals surface area contributed by atoms with Gasteiger partial charge in [0, 0.05) is 18.4 Å². The molecule has 0 spiro atoms. The minimum Gasteiger partial charge on any atom is -0.377 e. The van der Waals surface area contributed by atoms with E-state index in [2.05, 4.69) is 6.92 Å². The molecule has 2 aliphatic heterocycles. The maximum atomic E-state index is 13.4. The summed E-state index contributed by atoms with van der Waals surface area (Å²) in [6.07, 6.45) is 6.08. The van der Waals surface area contributed by atoms with E-state index >= 15 is 0 Å². The highest BCUT2D eigenvalue weighted by Crippen LogP contribution is 2.35. The van der Waals surface area contributed by atoms with E-state index in [-0.39, 0.29) is 24.2 Å². The van der Waals surface area contributed by atoms with Crippen LogP contribution in [-0.2, 0) is 27.1 Å². The normalized spacial score (nSPS) is 32.6. The van der Waals surface area contributed by atoms with Crippen LogP contribution in [-0.4, -0.2) is 32.2 Å². The number of hydrogen-bond donors (Lipinski definition) is 0. The first-order chi connectivity index (χ1) is 12.6. The highest BCUT2D eigenvalue weighted by Gasteiger charge is 2.37. The smallest absolute Gasteiger partial charge is 0.161 e. The summed E-state index contributed by atoms with van der Waals surface area (Å²) in [6.45, 7) is 4.36. The number of ether oxygens (including phenoxy) is 3. The Morgan fingerprint density at radius 1 is 0.885 bits per heavy atom. The molecule has 2 unspecified atom stereocenters. The van der Waals surface area contributed by atoms with Gasteiger partial charge in [-0.3, -0.25) is 0 Å². The molecule has 0 saturated carbocycles. The van der Waals surface area contributed by atoms with Crippen molar-refractivity contribution in [1.29, 1.82) is 0 Å². The van der Waals surface area contributed by atoms with Crippen LogP contribution in [0.15, 0.2) is 12.1 Å². The minimum absolute atomic E-state index is 0.133. The fourth-order valence-electron chi connectivity index (χ4n) is 4.69. The lowest BCUT2D eigenvalue weighted by Gasteiger charge is -2.39. The van der Waals surface area contributed by atoms with Gasteiger partial charge in [-0.15, -0.1) is 0 Å². The van der Waals surface area contributed by atoms with Gasteiger partial charge in [0.1, 0.15) is 0 Å². The van der Waals surface area contributed by atoms with Crippen molar-refractivity contribution in [2.24, 2.45) is 17.8 Å². The zero-order valence-electron chi connectivity index (χ0n) is 15.4. The monoisotopic (exact) mass is 366 g/mol. The van der Waals surface area contributed by atoms with E-state index in [0.717, 1.165) is 24.2 Å². The van der Waals surface area contributed by atoms with Crippen molar-refractivity contribution >= 4 is 0 Å². The highest BCUT2D eigenvalue weighted by atomic mass is 19.2. The zero-order valence-corrected chi connectivity index (χ0v) is 15.4. The fraction of sp³-hybridized carbons (Fsp3) is 0.714. The predicted octanol–water partition coefficient (Wildman–Crippen LogP) is 4.26. The molecule has 0 bridgehead atoms. The summed E-state index contributed by atoms with van der Waals surface area (Å²) in [4.78, 5) is 0. The third-order valence-electron chi connectivity index (χ3n) is 6.17. The Kier molecular flexibility index (Phi) is 5.58. The van der Waals surface area contributed by atoms with Crippen LogP contribution >= 0.6 is 0 Å². The maximum absolute atomic E-state index is 13.4. The summed E-state index contributed by atoms with van der Waals surface area (Å²) in [5, 5.41) is 0. The van der Waals surface area contributed by atoms with Crippen molar-refractivity contribution in [3.63, 3.8) is 0 Å². The molecular formula is C21H28F2O3. The number of rotatable bonds is 4. The Morgan fingerprint density at radius 2 is 1.54 bits per heavy atom. The summed E-state index contributed by atoms with van der Waals surface area (Å²) in [6, 6.07) is 2.64. The number of halogens is 2. The Labute approximate surface area is 154 Å². The van der Waals surface area contributed by atoms with Gasteiger partial charge in [0.2, 0.25) is 0 Å². The average Bonchev–Trinajstić information content (AvgIpc) is 3.06. The van der Waals surface area contributed by atoms with Gasteiger partial charge >= 0.3 is 0 Å². The number of fused-ring (bicyclic) bond motifs is 1. The summed E-state index contributed by atoms with van der Waals surface area (Å²) in [5.41, 5.74) is 1.75. The van der Waals surface area contributed by atoms with Crippen molar-refractivity contribution in [2.75, 3.05) is 19.8 Å². The van der Waals surface area contributed by atoms with Gasteiger partial charge in [-0.05, 0) is 61.3 Å². The summed E-state index contributed by atoms with van der Waals surface area (Å²) < 4.78 is 44.9. The van der Waals surface area contributed by atoms with E-state index in [0.29, 0.717) is 32.0 Å². The number of hydrogen-bond acceptors (Lipinski definition) is 3. The van der Waals surface area contributed by atoms with Crippen LogP contribution < -0.4 is 0 Å². The molecule has 5 heteroatoms. The third kappa shape index (κ3) is 3.80. The van der Waals surface area contributed by atoms with E-state index in [9.17, 15) is 8.78 Å². The van der Waals surface area contributed by atoms with E-state index in [1.54, 1.807) is 0 Å². The van der Waals surface area contributed by atoms with Crippen LogP contribution in [0.3, 0.4) is 0 Å². The Morgan fingerprint density at radius 3 is 2.08 bits per heavy atom. The molecule has 2 fully saturated rings. The molecule has 3 nitrogen and oxygen atoms in total. The van der Waals surface area contributed by atoms with Crippen molar-refractivity contribution < 1.29 is 23.0 Å². The molecule has 0 N–H and O–H groups in total. The average molecular weight is 366 g/mol. The Bertz CT molecular complexity index is 589. The van der Waals surface area contributed by atoms with Gasteiger partial charge in [-0.2, -0.15) is 0 Å². The van der Waals surface area contributed by atoms with E-state index in [4.69, 9.17) is 14.2 Å². The first-order valence-corrected chi connectivity index (χ1v) is 9.95. The van der Waals surface area contributed by atoms with Crippen LogP contribution in [0, 0.1) is 29.4 Å². The second kappa shape index (κ2) is 7.91. The molecule has 0 amide bonds. The third-order valence-corrected chi connectivity index (χ3v) is 6.17. The number of benzene rings is 1. The summed E-state index contributed by atoms with van der Waals surface area (Å²) >= 11 is 0. The topological polar surface area (TPSA) is 27.7 Å². The van der Waals surface area contributed by atoms with Crippen LogP contribution in [0.2, 0.25) is 0 Å². The molecule has 1 aromatic carbocycles. The molecular weight excluding hydrogens is 338 g/mol. The fourth-order valence-corrected chi connectivity index (χ4v) is 4.69. The molecule has 2 saturated heterocycles. The van der Waals surface area contributed by atoms with Gasteiger partial charge in [0.15, 0.2) is 17.9 Å². The van der Waals surface area contributed by atoms with Gasteiger partial charge in [0.05, 0.1) is 19.3 Å². The largest absolute Gasteiger partial charge is 0.377 e. The second-order valence-electron chi connectivity index (χ2n) is 8.10.